The van der Waals surface area contributed by atoms with Crippen molar-refractivity contribution in [2.45, 2.75) is 31.4 Å². The van der Waals surface area contributed by atoms with E-state index in [0.29, 0.717) is 43.1 Å². The molecule has 0 spiro atoms. The maximum atomic E-state index is 12.8. The number of amides is 1. The van der Waals surface area contributed by atoms with Gasteiger partial charge in [-0.3, -0.25) is 4.79 Å². The summed E-state index contributed by atoms with van der Waals surface area (Å²) in [6.07, 6.45) is 3.08. The van der Waals surface area contributed by atoms with Gasteiger partial charge < -0.3 is 10.2 Å². The molecular weight excluding hydrogens is 446 g/mol. The Kier molecular flexibility index (Phi) is 7.38. The maximum Gasteiger partial charge on any atom is 0.223 e. The second kappa shape index (κ2) is 10.2. The fourth-order valence-electron chi connectivity index (χ4n) is 4.56. The lowest BCUT2D eigenvalue weighted by Crippen LogP contribution is -2.43. The number of nitrogens with one attached hydrogen (secondary N) is 1. The summed E-state index contributed by atoms with van der Waals surface area (Å²) in [5.74, 6) is -0.201. The molecule has 2 aliphatic rings. The van der Waals surface area contributed by atoms with Gasteiger partial charge in [-0.2, -0.15) is 0 Å². The maximum absolute atomic E-state index is 12.8. The number of para-hydroxylation sites is 1. The van der Waals surface area contributed by atoms with Crippen molar-refractivity contribution in [1.82, 2.24) is 9.62 Å². The third-order valence-corrected chi connectivity index (χ3v) is 8.60. The normalized spacial score (nSPS) is 17.3. The first-order valence-corrected chi connectivity index (χ1v) is 13.2. The molecule has 0 saturated carbocycles. The van der Waals surface area contributed by atoms with E-state index in [4.69, 9.17) is 11.6 Å². The van der Waals surface area contributed by atoms with E-state index in [1.54, 1.807) is 24.3 Å². The Hall–Kier alpha value is -2.09. The monoisotopic (exact) mass is 475 g/mol. The molecule has 8 heteroatoms. The van der Waals surface area contributed by atoms with Gasteiger partial charge in [0.15, 0.2) is 0 Å². The molecule has 0 atom stereocenters. The molecule has 0 aliphatic carbocycles. The number of benzene rings is 2. The molecule has 0 aromatic heterocycles. The molecule has 0 radical (unpaired) electrons. The van der Waals surface area contributed by atoms with E-state index in [2.05, 4.69) is 34.5 Å². The zero-order valence-corrected chi connectivity index (χ0v) is 19.7. The van der Waals surface area contributed by atoms with Crippen molar-refractivity contribution in [3.63, 3.8) is 0 Å². The van der Waals surface area contributed by atoms with E-state index in [-0.39, 0.29) is 17.6 Å². The summed E-state index contributed by atoms with van der Waals surface area (Å²) in [6.45, 7) is 3.35. The van der Waals surface area contributed by atoms with E-state index in [9.17, 15) is 13.2 Å². The van der Waals surface area contributed by atoms with Crippen LogP contribution in [0.4, 0.5) is 5.69 Å². The van der Waals surface area contributed by atoms with Crippen molar-refractivity contribution >= 4 is 33.2 Å². The van der Waals surface area contributed by atoms with Crippen LogP contribution in [-0.4, -0.2) is 51.4 Å². The Bertz CT molecular complexity index is 1050. The smallest absolute Gasteiger partial charge is 0.223 e. The van der Waals surface area contributed by atoms with Gasteiger partial charge >= 0.3 is 0 Å². The second-order valence-electron chi connectivity index (χ2n) is 8.53. The zero-order chi connectivity index (χ0) is 22.6. The number of halogens is 1. The molecule has 1 amide bonds. The summed E-state index contributed by atoms with van der Waals surface area (Å²) >= 11 is 6.12. The predicted molar refractivity (Wildman–Crippen MR) is 128 cm³/mol. The second-order valence-corrected chi connectivity index (χ2v) is 10.9. The van der Waals surface area contributed by atoms with Crippen LogP contribution in [0.5, 0.6) is 0 Å². The first-order valence-electron chi connectivity index (χ1n) is 11.3. The number of nitrogens with zero attached hydrogens (tertiary/aromatic N) is 2. The SMILES string of the molecule is O=C(NCCCN1CCc2ccccc21)C1CCN(S(=O)(=O)Cc2ccccc2Cl)CC1. The predicted octanol–water partition coefficient (Wildman–Crippen LogP) is 3.45. The van der Waals surface area contributed by atoms with E-state index in [1.807, 2.05) is 0 Å². The van der Waals surface area contributed by atoms with E-state index >= 15 is 0 Å². The number of hydrogen-bond donors (Lipinski definition) is 1. The molecule has 1 saturated heterocycles. The summed E-state index contributed by atoms with van der Waals surface area (Å²) in [4.78, 5) is 15.0. The molecule has 1 fully saturated rings. The fraction of sp³-hybridized carbons (Fsp3) is 0.458. The molecule has 2 aromatic rings. The van der Waals surface area contributed by atoms with Crippen LogP contribution in [0.15, 0.2) is 48.5 Å². The lowest BCUT2D eigenvalue weighted by atomic mass is 9.97. The zero-order valence-electron chi connectivity index (χ0n) is 18.2. The van der Waals surface area contributed by atoms with Crippen molar-refractivity contribution in [3.8, 4) is 0 Å². The molecule has 2 aromatic carbocycles. The Morgan fingerprint density at radius 1 is 1.03 bits per heavy atom. The Labute approximate surface area is 195 Å². The third kappa shape index (κ3) is 5.45. The topological polar surface area (TPSA) is 69.7 Å². The first kappa shape index (κ1) is 23.1. The minimum atomic E-state index is -3.45. The lowest BCUT2D eigenvalue weighted by Gasteiger charge is -2.30. The Balaban J connectivity index is 1.19. The largest absolute Gasteiger partial charge is 0.371 e. The summed E-state index contributed by atoms with van der Waals surface area (Å²) in [6, 6.07) is 15.5. The van der Waals surface area contributed by atoms with Crippen molar-refractivity contribution in [1.29, 1.82) is 0 Å². The van der Waals surface area contributed by atoms with Crippen LogP contribution in [0, 0.1) is 5.92 Å². The van der Waals surface area contributed by atoms with Gasteiger partial charge in [0.1, 0.15) is 0 Å². The quantitative estimate of drug-likeness (QED) is 0.594. The van der Waals surface area contributed by atoms with Gasteiger partial charge in [0.2, 0.25) is 15.9 Å². The first-order chi connectivity index (χ1) is 15.4. The van der Waals surface area contributed by atoms with Gasteiger partial charge in [-0.25, -0.2) is 12.7 Å². The average molecular weight is 476 g/mol. The van der Waals surface area contributed by atoms with Gasteiger partial charge in [0, 0.05) is 49.4 Å². The van der Waals surface area contributed by atoms with Crippen molar-refractivity contribution < 1.29 is 13.2 Å². The summed E-state index contributed by atoms with van der Waals surface area (Å²) < 4.78 is 27.0. The van der Waals surface area contributed by atoms with Gasteiger partial charge in [-0.05, 0) is 48.9 Å². The Morgan fingerprint density at radius 3 is 2.53 bits per heavy atom. The number of hydrogen-bond acceptors (Lipinski definition) is 4. The number of carbonyl (C=O) groups excluding carboxylic acids is 1. The van der Waals surface area contributed by atoms with Crippen LogP contribution in [0.25, 0.3) is 0 Å². The minimum Gasteiger partial charge on any atom is -0.371 e. The molecule has 0 unspecified atom stereocenters. The number of carbonyl (C=O) groups is 1. The van der Waals surface area contributed by atoms with Crippen molar-refractivity contribution in [3.05, 3.63) is 64.7 Å². The average Bonchev–Trinajstić information content (AvgIpc) is 3.21. The van der Waals surface area contributed by atoms with Crippen LogP contribution < -0.4 is 10.2 Å². The molecule has 2 aliphatic heterocycles. The van der Waals surface area contributed by atoms with Crippen molar-refractivity contribution in [2.75, 3.05) is 37.6 Å². The van der Waals surface area contributed by atoms with Gasteiger partial charge in [0.25, 0.3) is 0 Å². The number of rotatable bonds is 8. The van der Waals surface area contributed by atoms with Crippen LogP contribution >= 0.6 is 11.6 Å². The van der Waals surface area contributed by atoms with Gasteiger partial charge in [-0.1, -0.05) is 48.0 Å². The Morgan fingerprint density at radius 2 is 1.75 bits per heavy atom. The molecule has 4 rings (SSSR count). The van der Waals surface area contributed by atoms with E-state index in [0.717, 1.165) is 25.9 Å². The standard InChI is InChI=1S/C24H30ClN3O3S/c25-22-8-3-1-7-21(22)18-32(30,31)28-16-11-20(12-17-28)24(29)26-13-5-14-27-15-10-19-6-2-4-9-23(19)27/h1-4,6-9,20H,5,10-18H2,(H,26,29). The highest BCUT2D eigenvalue weighted by atomic mass is 35.5. The van der Waals surface area contributed by atoms with Crippen LogP contribution in [-0.2, 0) is 27.0 Å². The number of fused-ring (bicyclic) bond motifs is 1. The van der Waals surface area contributed by atoms with Gasteiger partial charge in [-0.15, -0.1) is 0 Å². The van der Waals surface area contributed by atoms with Crippen LogP contribution in [0.2, 0.25) is 5.02 Å². The molecule has 172 valence electrons. The number of sulfonamides is 1. The summed E-state index contributed by atoms with van der Waals surface area (Å²) in [7, 11) is -3.45. The molecular formula is C24H30ClN3O3S. The number of anilines is 1. The highest BCUT2D eigenvalue weighted by Crippen LogP contribution is 2.27. The molecule has 32 heavy (non-hydrogen) atoms. The summed E-state index contributed by atoms with van der Waals surface area (Å²) in [5, 5.41) is 3.51. The summed E-state index contributed by atoms with van der Waals surface area (Å²) in [5.41, 5.74) is 3.31. The number of piperidine rings is 1. The molecule has 6 nitrogen and oxygen atoms in total. The highest BCUT2D eigenvalue weighted by Gasteiger charge is 2.31. The van der Waals surface area contributed by atoms with E-state index in [1.165, 1.54) is 15.6 Å². The van der Waals surface area contributed by atoms with E-state index < -0.39 is 10.0 Å². The van der Waals surface area contributed by atoms with Gasteiger partial charge in [0.05, 0.1) is 5.75 Å². The molecule has 0 bridgehead atoms. The van der Waals surface area contributed by atoms with Crippen LogP contribution in [0.3, 0.4) is 0 Å². The van der Waals surface area contributed by atoms with Crippen molar-refractivity contribution in [2.24, 2.45) is 5.92 Å². The third-order valence-electron chi connectivity index (χ3n) is 6.40. The van der Waals surface area contributed by atoms with Crippen LogP contribution in [0.1, 0.15) is 30.4 Å². The molecule has 1 N–H and O–H groups in total. The fourth-order valence-corrected chi connectivity index (χ4v) is 6.44. The minimum absolute atomic E-state index is 0.0370. The highest BCUT2D eigenvalue weighted by molar-refractivity contribution is 7.88. The lowest BCUT2D eigenvalue weighted by molar-refractivity contribution is -0.126. The molecule has 2 heterocycles.